The summed E-state index contributed by atoms with van der Waals surface area (Å²) in [4.78, 5) is 39.9. The number of rotatable bonds is 4. The predicted octanol–water partition coefficient (Wildman–Crippen LogP) is 3.94. The molecule has 2 aliphatic rings. The van der Waals surface area contributed by atoms with Gasteiger partial charge in [-0.25, -0.2) is 4.39 Å². The minimum atomic E-state index is -0.853. The number of hydrogen-bond donors (Lipinski definition) is 1. The summed E-state index contributed by atoms with van der Waals surface area (Å²) in [6.07, 6.45) is 3.09. The number of carbonyl (C=O) groups excluding carboxylic acids is 3. The molecule has 0 unspecified atom stereocenters. The Morgan fingerprint density at radius 1 is 1.13 bits per heavy atom. The molecule has 6 nitrogen and oxygen atoms in total. The molecule has 1 aliphatic heterocycles. The molecule has 1 saturated carbocycles. The van der Waals surface area contributed by atoms with E-state index in [1.807, 2.05) is 0 Å². The van der Waals surface area contributed by atoms with Crippen LogP contribution in [0.1, 0.15) is 44.6 Å². The van der Waals surface area contributed by atoms with Crippen molar-refractivity contribution in [3.05, 3.63) is 59.9 Å². The Balaban J connectivity index is 1.53. The van der Waals surface area contributed by atoms with Gasteiger partial charge in [-0.2, -0.15) is 0 Å². The summed E-state index contributed by atoms with van der Waals surface area (Å²) in [5.74, 6) is -1.39. The second-order valence-electron chi connectivity index (χ2n) is 8.25. The Bertz CT molecular complexity index is 999. The van der Waals surface area contributed by atoms with Crippen LogP contribution in [0.15, 0.2) is 48.5 Å². The van der Waals surface area contributed by atoms with E-state index < -0.39 is 23.9 Å². The number of benzene rings is 2. The molecule has 2 aromatic carbocycles. The molecule has 162 valence electrons. The van der Waals surface area contributed by atoms with Gasteiger partial charge in [0.2, 0.25) is 5.91 Å². The van der Waals surface area contributed by atoms with E-state index in [2.05, 4.69) is 5.32 Å². The van der Waals surface area contributed by atoms with Crippen molar-refractivity contribution in [3.63, 3.8) is 0 Å². The topological polar surface area (TPSA) is 75.7 Å². The second kappa shape index (κ2) is 8.49. The average Bonchev–Trinajstić information content (AvgIpc) is 3.20. The van der Waals surface area contributed by atoms with E-state index in [0.717, 1.165) is 12.8 Å². The highest BCUT2D eigenvalue weighted by Crippen LogP contribution is 2.42. The summed E-state index contributed by atoms with van der Waals surface area (Å²) in [6.45, 7) is 1.37. The van der Waals surface area contributed by atoms with Crippen LogP contribution in [0.5, 0.6) is 0 Å². The lowest BCUT2D eigenvalue weighted by Crippen LogP contribution is -2.43. The molecular formula is C24H25FN2O4. The van der Waals surface area contributed by atoms with Gasteiger partial charge in [-0.05, 0) is 49.6 Å². The highest BCUT2D eigenvalue weighted by Gasteiger charge is 2.44. The van der Waals surface area contributed by atoms with Crippen molar-refractivity contribution >= 4 is 29.2 Å². The highest BCUT2D eigenvalue weighted by molar-refractivity contribution is 6.05. The number of carbonyl (C=O) groups is 3. The van der Waals surface area contributed by atoms with Gasteiger partial charge in [0, 0.05) is 12.5 Å². The first kappa shape index (κ1) is 21.0. The number of halogens is 1. The van der Waals surface area contributed by atoms with Crippen molar-refractivity contribution in [3.8, 4) is 0 Å². The molecule has 7 heteroatoms. The van der Waals surface area contributed by atoms with Crippen molar-refractivity contribution in [1.29, 1.82) is 0 Å². The van der Waals surface area contributed by atoms with Gasteiger partial charge in [0.25, 0.3) is 5.91 Å². The fraction of sp³-hybridized carbons (Fsp3) is 0.375. The van der Waals surface area contributed by atoms with E-state index in [9.17, 15) is 18.8 Å². The Morgan fingerprint density at radius 3 is 2.52 bits per heavy atom. The van der Waals surface area contributed by atoms with E-state index in [0.29, 0.717) is 29.8 Å². The van der Waals surface area contributed by atoms with Crippen molar-refractivity contribution in [2.24, 2.45) is 0 Å². The summed E-state index contributed by atoms with van der Waals surface area (Å²) in [6, 6.07) is 12.6. The summed E-state index contributed by atoms with van der Waals surface area (Å²) in [5, 5.41) is 2.81. The van der Waals surface area contributed by atoms with Crippen LogP contribution < -0.4 is 10.2 Å². The highest BCUT2D eigenvalue weighted by atomic mass is 19.1. The van der Waals surface area contributed by atoms with Crippen molar-refractivity contribution in [2.75, 3.05) is 16.8 Å². The molecule has 1 fully saturated rings. The van der Waals surface area contributed by atoms with Crippen LogP contribution in [-0.2, 0) is 24.5 Å². The van der Waals surface area contributed by atoms with Gasteiger partial charge >= 0.3 is 5.97 Å². The van der Waals surface area contributed by atoms with Crippen LogP contribution in [0, 0.1) is 5.82 Å². The molecule has 1 N–H and O–H groups in total. The SMILES string of the molecule is C[C@H]1CC(=O)Nc2ccccc2N1C(=O)COC(=O)C1(c2ccc(F)cc2)CCCC1. The lowest BCUT2D eigenvalue weighted by Gasteiger charge is -2.30. The molecule has 0 saturated heterocycles. The number of hydrogen-bond acceptors (Lipinski definition) is 4. The van der Waals surface area contributed by atoms with Crippen LogP contribution in [-0.4, -0.2) is 30.4 Å². The first-order valence-corrected chi connectivity index (χ1v) is 10.5. The molecule has 1 atom stereocenters. The fourth-order valence-corrected chi connectivity index (χ4v) is 4.66. The van der Waals surface area contributed by atoms with Crippen LogP contribution in [0.2, 0.25) is 0 Å². The minimum Gasteiger partial charge on any atom is -0.455 e. The smallest absolute Gasteiger partial charge is 0.317 e. The van der Waals surface area contributed by atoms with Crippen LogP contribution in [0.3, 0.4) is 0 Å². The molecule has 4 rings (SSSR count). The van der Waals surface area contributed by atoms with Crippen LogP contribution in [0.4, 0.5) is 15.8 Å². The molecule has 0 spiro atoms. The van der Waals surface area contributed by atoms with E-state index in [4.69, 9.17) is 4.74 Å². The van der Waals surface area contributed by atoms with E-state index in [-0.39, 0.29) is 24.2 Å². The largest absolute Gasteiger partial charge is 0.455 e. The molecule has 1 heterocycles. The molecule has 0 aromatic heterocycles. The monoisotopic (exact) mass is 424 g/mol. The number of esters is 1. The molecule has 1 aliphatic carbocycles. The number of nitrogens with zero attached hydrogens (tertiary/aromatic N) is 1. The quantitative estimate of drug-likeness (QED) is 0.755. The Morgan fingerprint density at radius 2 is 1.81 bits per heavy atom. The zero-order chi connectivity index (χ0) is 22.0. The molecule has 31 heavy (non-hydrogen) atoms. The minimum absolute atomic E-state index is 0.147. The normalized spacial score (nSPS) is 19.9. The standard InChI is InChI=1S/C24H25FN2O4/c1-16-14-21(28)26-19-6-2-3-7-20(19)27(16)22(29)15-31-23(30)24(12-4-5-13-24)17-8-10-18(25)11-9-17/h2-3,6-11,16H,4-5,12-15H2,1H3,(H,26,28)/t16-/m0/s1. The van der Waals surface area contributed by atoms with Gasteiger partial charge in [0.1, 0.15) is 5.82 Å². The Labute approximate surface area is 180 Å². The third-order valence-corrected chi connectivity index (χ3v) is 6.20. The average molecular weight is 424 g/mol. The third kappa shape index (κ3) is 4.04. The van der Waals surface area contributed by atoms with Gasteiger partial charge < -0.3 is 15.0 Å². The molecule has 2 amide bonds. The molecular weight excluding hydrogens is 399 g/mol. The van der Waals surface area contributed by atoms with E-state index in [1.54, 1.807) is 43.3 Å². The fourth-order valence-electron chi connectivity index (χ4n) is 4.66. The second-order valence-corrected chi connectivity index (χ2v) is 8.25. The van der Waals surface area contributed by atoms with Gasteiger partial charge in [0.05, 0.1) is 16.8 Å². The van der Waals surface area contributed by atoms with Gasteiger partial charge in [-0.15, -0.1) is 0 Å². The lowest BCUT2D eigenvalue weighted by atomic mass is 9.79. The summed E-state index contributed by atoms with van der Waals surface area (Å²) in [5.41, 5.74) is 0.992. The van der Waals surface area contributed by atoms with Gasteiger partial charge in [0.15, 0.2) is 6.61 Å². The molecule has 2 aromatic rings. The van der Waals surface area contributed by atoms with Crippen LogP contribution in [0.25, 0.3) is 0 Å². The number of nitrogens with one attached hydrogen (secondary N) is 1. The maximum Gasteiger partial charge on any atom is 0.317 e. The first-order valence-electron chi connectivity index (χ1n) is 10.5. The van der Waals surface area contributed by atoms with E-state index >= 15 is 0 Å². The number of para-hydroxylation sites is 2. The van der Waals surface area contributed by atoms with Crippen molar-refractivity contribution in [1.82, 2.24) is 0 Å². The Kier molecular flexibility index (Phi) is 5.76. The third-order valence-electron chi connectivity index (χ3n) is 6.20. The van der Waals surface area contributed by atoms with Crippen molar-refractivity contribution < 1.29 is 23.5 Å². The maximum absolute atomic E-state index is 13.4. The zero-order valence-electron chi connectivity index (χ0n) is 17.4. The number of anilines is 2. The predicted molar refractivity (Wildman–Crippen MR) is 114 cm³/mol. The lowest BCUT2D eigenvalue weighted by molar-refractivity contribution is -0.154. The van der Waals surface area contributed by atoms with E-state index in [1.165, 1.54) is 17.0 Å². The van der Waals surface area contributed by atoms with Crippen molar-refractivity contribution in [2.45, 2.75) is 50.5 Å². The first-order chi connectivity index (χ1) is 14.9. The summed E-state index contributed by atoms with van der Waals surface area (Å²) in [7, 11) is 0. The zero-order valence-corrected chi connectivity index (χ0v) is 17.4. The van der Waals surface area contributed by atoms with Gasteiger partial charge in [-0.1, -0.05) is 37.1 Å². The maximum atomic E-state index is 13.4. The molecule has 0 bridgehead atoms. The number of amides is 2. The van der Waals surface area contributed by atoms with Gasteiger partial charge in [-0.3, -0.25) is 14.4 Å². The Hall–Kier alpha value is -3.22. The number of ether oxygens (including phenoxy) is 1. The van der Waals surface area contributed by atoms with Crippen LogP contribution >= 0.6 is 0 Å². The summed E-state index contributed by atoms with van der Waals surface area (Å²) < 4.78 is 18.9. The molecule has 0 radical (unpaired) electrons. The number of fused-ring (bicyclic) bond motifs is 1. The summed E-state index contributed by atoms with van der Waals surface area (Å²) >= 11 is 0.